The van der Waals surface area contributed by atoms with E-state index in [2.05, 4.69) is 12.2 Å². The summed E-state index contributed by atoms with van der Waals surface area (Å²) < 4.78 is 35.4. The molecule has 0 radical (unpaired) electrons. The Bertz CT molecular complexity index is 179. The van der Waals surface area contributed by atoms with Crippen molar-refractivity contribution in [3.63, 3.8) is 0 Å². The molecule has 90 valence electrons. The molecule has 1 aliphatic rings. The molecule has 0 bridgehead atoms. The lowest BCUT2D eigenvalue weighted by Gasteiger charge is -2.11. The topological polar surface area (TPSA) is 12.0 Å². The second-order valence-corrected chi connectivity index (χ2v) is 4.71. The highest BCUT2D eigenvalue weighted by Gasteiger charge is 2.26. The van der Waals surface area contributed by atoms with Crippen LogP contribution < -0.4 is 5.32 Å². The van der Waals surface area contributed by atoms with Crippen LogP contribution in [0.3, 0.4) is 0 Å². The van der Waals surface area contributed by atoms with Crippen molar-refractivity contribution in [2.24, 2.45) is 11.8 Å². The van der Waals surface area contributed by atoms with E-state index in [9.17, 15) is 13.2 Å². The minimum atomic E-state index is -4.00. The molecule has 0 aromatic rings. The molecule has 0 aromatic heterocycles. The van der Waals surface area contributed by atoms with E-state index in [4.69, 9.17) is 0 Å². The van der Waals surface area contributed by atoms with Crippen LogP contribution in [0.2, 0.25) is 0 Å². The summed E-state index contributed by atoms with van der Waals surface area (Å²) in [5.74, 6) is 1.48. The molecule has 0 saturated heterocycles. The SMILES string of the molecule is CC1CCC(CNCCCC(F)(F)F)C1. The standard InChI is InChI=1S/C11H20F3N/c1-9-3-4-10(7-9)8-15-6-2-5-11(12,13)14/h9-10,15H,2-8H2,1H3. The molecular weight excluding hydrogens is 203 g/mol. The molecule has 1 rings (SSSR count). The maximum Gasteiger partial charge on any atom is 0.389 e. The van der Waals surface area contributed by atoms with Crippen molar-refractivity contribution >= 4 is 0 Å². The zero-order valence-corrected chi connectivity index (χ0v) is 9.24. The fraction of sp³-hybridized carbons (Fsp3) is 1.00. The Morgan fingerprint density at radius 3 is 2.53 bits per heavy atom. The molecule has 1 saturated carbocycles. The van der Waals surface area contributed by atoms with Crippen LogP contribution in [-0.4, -0.2) is 19.3 Å². The van der Waals surface area contributed by atoms with E-state index in [1.54, 1.807) is 0 Å². The van der Waals surface area contributed by atoms with Gasteiger partial charge in [0.15, 0.2) is 0 Å². The summed E-state index contributed by atoms with van der Waals surface area (Å²) in [6.45, 7) is 3.62. The molecule has 2 atom stereocenters. The van der Waals surface area contributed by atoms with Gasteiger partial charge in [-0.15, -0.1) is 0 Å². The first-order chi connectivity index (χ1) is 6.97. The van der Waals surface area contributed by atoms with Gasteiger partial charge in [0, 0.05) is 6.42 Å². The van der Waals surface area contributed by atoms with Gasteiger partial charge in [0.25, 0.3) is 0 Å². The normalized spacial score (nSPS) is 27.2. The van der Waals surface area contributed by atoms with Crippen LogP contribution in [-0.2, 0) is 0 Å². The van der Waals surface area contributed by atoms with Crippen molar-refractivity contribution in [2.75, 3.05) is 13.1 Å². The molecule has 1 aliphatic carbocycles. The predicted octanol–water partition coefficient (Wildman–Crippen LogP) is 3.35. The molecule has 15 heavy (non-hydrogen) atoms. The summed E-state index contributed by atoms with van der Waals surface area (Å²) in [6, 6.07) is 0. The lowest BCUT2D eigenvalue weighted by Crippen LogP contribution is -2.23. The monoisotopic (exact) mass is 223 g/mol. The van der Waals surface area contributed by atoms with Gasteiger partial charge in [-0.3, -0.25) is 0 Å². The van der Waals surface area contributed by atoms with E-state index >= 15 is 0 Å². The summed E-state index contributed by atoms with van der Waals surface area (Å²) in [6.07, 6.45) is -0.731. The van der Waals surface area contributed by atoms with Crippen LogP contribution in [0, 0.1) is 11.8 Å². The number of alkyl halides is 3. The first-order valence-electron chi connectivity index (χ1n) is 5.75. The van der Waals surface area contributed by atoms with E-state index < -0.39 is 12.6 Å². The maximum atomic E-state index is 11.8. The third-order valence-electron chi connectivity index (χ3n) is 3.05. The molecule has 1 nitrogen and oxygen atoms in total. The van der Waals surface area contributed by atoms with Gasteiger partial charge >= 0.3 is 6.18 Å². The average Bonchev–Trinajstić information content (AvgIpc) is 2.49. The molecule has 1 N–H and O–H groups in total. The number of hydrogen-bond donors (Lipinski definition) is 1. The van der Waals surface area contributed by atoms with Crippen LogP contribution in [0.1, 0.15) is 39.0 Å². The van der Waals surface area contributed by atoms with Crippen LogP contribution >= 0.6 is 0 Å². The molecule has 0 aliphatic heterocycles. The van der Waals surface area contributed by atoms with E-state index in [1.165, 1.54) is 19.3 Å². The second-order valence-electron chi connectivity index (χ2n) is 4.71. The smallest absolute Gasteiger partial charge is 0.316 e. The van der Waals surface area contributed by atoms with E-state index in [0.717, 1.165) is 12.5 Å². The summed E-state index contributed by atoms with van der Waals surface area (Å²) in [7, 11) is 0. The average molecular weight is 223 g/mol. The van der Waals surface area contributed by atoms with Gasteiger partial charge in [0.1, 0.15) is 0 Å². The van der Waals surface area contributed by atoms with Crippen molar-refractivity contribution < 1.29 is 13.2 Å². The Morgan fingerprint density at radius 1 is 1.27 bits per heavy atom. The Kier molecular flexibility index (Phi) is 4.90. The zero-order valence-electron chi connectivity index (χ0n) is 9.24. The highest BCUT2D eigenvalue weighted by molar-refractivity contribution is 4.74. The van der Waals surface area contributed by atoms with Crippen molar-refractivity contribution in [3.8, 4) is 0 Å². The van der Waals surface area contributed by atoms with Crippen LogP contribution in [0.4, 0.5) is 13.2 Å². The number of rotatable bonds is 5. The molecular formula is C11H20F3N. The third kappa shape index (κ3) is 6.03. The van der Waals surface area contributed by atoms with Crippen LogP contribution in [0.15, 0.2) is 0 Å². The number of hydrogen-bond acceptors (Lipinski definition) is 1. The van der Waals surface area contributed by atoms with Crippen molar-refractivity contribution in [1.29, 1.82) is 0 Å². The van der Waals surface area contributed by atoms with Gasteiger partial charge in [-0.05, 0) is 44.2 Å². The molecule has 0 spiro atoms. The maximum absolute atomic E-state index is 11.8. The van der Waals surface area contributed by atoms with E-state index in [0.29, 0.717) is 12.5 Å². The van der Waals surface area contributed by atoms with Gasteiger partial charge < -0.3 is 5.32 Å². The number of nitrogens with one attached hydrogen (secondary N) is 1. The van der Waals surface area contributed by atoms with Crippen LogP contribution in [0.5, 0.6) is 0 Å². The molecule has 0 aromatic carbocycles. The molecule has 4 heteroatoms. The fourth-order valence-electron chi connectivity index (χ4n) is 2.23. The van der Waals surface area contributed by atoms with E-state index in [1.807, 2.05) is 0 Å². The Labute approximate surface area is 89.4 Å². The summed E-state index contributed by atoms with van der Waals surface area (Å²) in [5.41, 5.74) is 0. The van der Waals surface area contributed by atoms with Crippen molar-refractivity contribution in [2.45, 2.75) is 45.2 Å². The van der Waals surface area contributed by atoms with Crippen LogP contribution in [0.25, 0.3) is 0 Å². The lowest BCUT2D eigenvalue weighted by molar-refractivity contribution is -0.135. The molecule has 0 amide bonds. The fourth-order valence-corrected chi connectivity index (χ4v) is 2.23. The molecule has 0 heterocycles. The molecule has 2 unspecified atom stereocenters. The second kappa shape index (κ2) is 5.73. The lowest BCUT2D eigenvalue weighted by atomic mass is 10.1. The van der Waals surface area contributed by atoms with Crippen molar-refractivity contribution in [3.05, 3.63) is 0 Å². The molecule has 1 fully saturated rings. The van der Waals surface area contributed by atoms with Gasteiger partial charge in [-0.25, -0.2) is 0 Å². The first-order valence-corrected chi connectivity index (χ1v) is 5.75. The minimum absolute atomic E-state index is 0.200. The minimum Gasteiger partial charge on any atom is -0.316 e. The third-order valence-corrected chi connectivity index (χ3v) is 3.05. The van der Waals surface area contributed by atoms with Gasteiger partial charge in [-0.2, -0.15) is 13.2 Å². The van der Waals surface area contributed by atoms with E-state index in [-0.39, 0.29) is 6.42 Å². The Balaban J connectivity index is 1.93. The highest BCUT2D eigenvalue weighted by atomic mass is 19.4. The zero-order chi connectivity index (χ0) is 11.3. The van der Waals surface area contributed by atoms with Gasteiger partial charge in [0.05, 0.1) is 0 Å². The van der Waals surface area contributed by atoms with Gasteiger partial charge in [-0.1, -0.05) is 13.3 Å². The summed E-state index contributed by atoms with van der Waals surface area (Å²) in [5, 5.41) is 3.12. The van der Waals surface area contributed by atoms with Crippen molar-refractivity contribution in [1.82, 2.24) is 5.32 Å². The predicted molar refractivity (Wildman–Crippen MR) is 54.7 cm³/mol. The Morgan fingerprint density at radius 2 is 2.00 bits per heavy atom. The highest BCUT2D eigenvalue weighted by Crippen LogP contribution is 2.29. The summed E-state index contributed by atoms with van der Waals surface area (Å²) >= 11 is 0. The number of halogens is 3. The largest absolute Gasteiger partial charge is 0.389 e. The quantitative estimate of drug-likeness (QED) is 0.705. The summed E-state index contributed by atoms with van der Waals surface area (Å²) in [4.78, 5) is 0. The Hall–Kier alpha value is -0.250. The van der Waals surface area contributed by atoms with Gasteiger partial charge in [0.2, 0.25) is 0 Å². The first kappa shape index (κ1) is 12.8.